The number of aliphatic hydroxyl groups excluding tert-OH is 1. The van der Waals surface area contributed by atoms with Crippen LogP contribution in [0.25, 0.3) is 0 Å². The Hall–Kier alpha value is -1.79. The van der Waals surface area contributed by atoms with Crippen molar-refractivity contribution in [2.75, 3.05) is 12.3 Å². The first-order valence-electron chi connectivity index (χ1n) is 6.28. The highest BCUT2D eigenvalue weighted by molar-refractivity contribution is 7.98. The van der Waals surface area contributed by atoms with E-state index in [0.29, 0.717) is 28.6 Å². The Morgan fingerprint density at radius 1 is 1.35 bits per heavy atom. The fraction of sp³-hybridized carbons (Fsp3) is 0.286. The van der Waals surface area contributed by atoms with Crippen LogP contribution in [0.3, 0.4) is 0 Å². The van der Waals surface area contributed by atoms with Gasteiger partial charge in [-0.2, -0.15) is 0 Å². The molecule has 2 aromatic rings. The van der Waals surface area contributed by atoms with Gasteiger partial charge in [-0.3, -0.25) is 4.79 Å². The Labute approximate surface area is 121 Å². The zero-order chi connectivity index (χ0) is 14.5. The predicted molar refractivity (Wildman–Crippen MR) is 80.8 cm³/mol. The fourth-order valence-corrected chi connectivity index (χ4v) is 2.69. The first-order valence-corrected chi connectivity index (χ1v) is 7.26. The van der Waals surface area contributed by atoms with Gasteiger partial charge in [-0.05, 0) is 24.6 Å². The smallest absolute Gasteiger partial charge is 0.255 e. The van der Waals surface area contributed by atoms with Gasteiger partial charge < -0.3 is 15.8 Å². The molecule has 1 aromatic carbocycles. The molecule has 0 aliphatic heterocycles. The number of nitrogens with one attached hydrogen (secondary N) is 1. The molecule has 0 fully saturated rings. The number of H-pyrrole nitrogens is 1. The normalized spacial score (nSPS) is 10.7. The van der Waals surface area contributed by atoms with Gasteiger partial charge in [0.2, 0.25) is 0 Å². The number of nitrogens with zero attached hydrogens (tertiary/aromatic N) is 1. The van der Waals surface area contributed by atoms with E-state index in [4.69, 9.17) is 10.8 Å². The van der Waals surface area contributed by atoms with Crippen molar-refractivity contribution in [1.82, 2.24) is 9.97 Å². The molecule has 0 aliphatic rings. The molecule has 0 atom stereocenters. The first kappa shape index (κ1) is 14.6. The number of nitrogen functional groups attached to an aromatic ring is 1. The Balaban J connectivity index is 2.10. The van der Waals surface area contributed by atoms with Crippen molar-refractivity contribution in [3.63, 3.8) is 0 Å². The molecule has 0 amide bonds. The molecule has 0 bridgehead atoms. The fourth-order valence-electron chi connectivity index (χ4n) is 1.82. The van der Waals surface area contributed by atoms with Crippen LogP contribution in [0.2, 0.25) is 0 Å². The molecule has 20 heavy (non-hydrogen) atoms. The Morgan fingerprint density at radius 2 is 2.05 bits per heavy atom. The van der Waals surface area contributed by atoms with E-state index in [2.05, 4.69) is 9.97 Å². The quantitative estimate of drug-likeness (QED) is 0.441. The number of aromatic nitrogens is 2. The van der Waals surface area contributed by atoms with E-state index in [9.17, 15) is 4.79 Å². The molecule has 6 heteroatoms. The number of hydrogen-bond donors (Lipinski definition) is 3. The number of aromatic amines is 1. The lowest BCUT2D eigenvalue weighted by atomic mass is 10.2. The van der Waals surface area contributed by atoms with E-state index in [1.54, 1.807) is 6.92 Å². The van der Waals surface area contributed by atoms with Gasteiger partial charge in [0.25, 0.3) is 5.56 Å². The second-order valence-electron chi connectivity index (χ2n) is 4.44. The molecule has 4 N–H and O–H groups in total. The van der Waals surface area contributed by atoms with Crippen molar-refractivity contribution < 1.29 is 5.11 Å². The number of benzene rings is 1. The molecule has 1 heterocycles. The van der Waals surface area contributed by atoms with Gasteiger partial charge in [0.1, 0.15) is 0 Å². The average molecular weight is 291 g/mol. The van der Waals surface area contributed by atoms with Crippen LogP contribution in [0.15, 0.2) is 34.2 Å². The van der Waals surface area contributed by atoms with Gasteiger partial charge >= 0.3 is 0 Å². The Morgan fingerprint density at radius 3 is 2.65 bits per heavy atom. The lowest BCUT2D eigenvalue weighted by Gasteiger charge is -2.06. The van der Waals surface area contributed by atoms with Crippen LogP contribution < -0.4 is 11.3 Å². The lowest BCUT2D eigenvalue weighted by Crippen LogP contribution is -2.18. The van der Waals surface area contributed by atoms with E-state index < -0.39 is 0 Å². The van der Waals surface area contributed by atoms with Crippen LogP contribution in [0.4, 0.5) is 5.69 Å². The van der Waals surface area contributed by atoms with Crippen LogP contribution in [-0.2, 0) is 12.2 Å². The van der Waals surface area contributed by atoms with Gasteiger partial charge in [-0.15, -0.1) is 0 Å². The number of anilines is 1. The monoisotopic (exact) mass is 291 g/mol. The number of nitrogens with two attached hydrogens (primary N) is 1. The summed E-state index contributed by atoms with van der Waals surface area (Å²) in [5, 5.41) is 9.51. The number of hydrogen-bond acceptors (Lipinski definition) is 5. The first-order chi connectivity index (χ1) is 9.60. The Bertz CT molecular complexity index is 638. The summed E-state index contributed by atoms with van der Waals surface area (Å²) in [6, 6.07) is 7.60. The van der Waals surface area contributed by atoms with Crippen molar-refractivity contribution in [3.8, 4) is 0 Å². The van der Waals surface area contributed by atoms with E-state index in [-0.39, 0.29) is 12.2 Å². The van der Waals surface area contributed by atoms with E-state index in [1.165, 1.54) is 11.8 Å². The van der Waals surface area contributed by atoms with Crippen LogP contribution >= 0.6 is 11.8 Å². The van der Waals surface area contributed by atoms with E-state index in [0.717, 1.165) is 11.3 Å². The highest BCUT2D eigenvalue weighted by Gasteiger charge is 2.08. The Kier molecular flexibility index (Phi) is 4.81. The molecule has 106 valence electrons. The van der Waals surface area contributed by atoms with Gasteiger partial charge in [-0.25, -0.2) is 4.98 Å². The highest BCUT2D eigenvalue weighted by atomic mass is 32.2. The maximum Gasteiger partial charge on any atom is 0.255 e. The number of rotatable bonds is 5. The number of aliphatic hydroxyl groups is 1. The van der Waals surface area contributed by atoms with Crippen LogP contribution in [0.1, 0.15) is 16.8 Å². The summed E-state index contributed by atoms with van der Waals surface area (Å²) in [6.07, 6.45) is 0.330. The highest BCUT2D eigenvalue weighted by Crippen LogP contribution is 2.19. The zero-order valence-corrected chi connectivity index (χ0v) is 12.0. The summed E-state index contributed by atoms with van der Waals surface area (Å²) in [7, 11) is 0. The maximum atomic E-state index is 11.9. The molecule has 0 spiro atoms. The van der Waals surface area contributed by atoms with Gasteiger partial charge in [0.15, 0.2) is 5.16 Å². The van der Waals surface area contributed by atoms with Gasteiger partial charge in [-0.1, -0.05) is 23.9 Å². The summed E-state index contributed by atoms with van der Waals surface area (Å²) in [6.45, 7) is 1.73. The minimum absolute atomic E-state index is 0.0521. The van der Waals surface area contributed by atoms with Crippen LogP contribution in [0.5, 0.6) is 0 Å². The van der Waals surface area contributed by atoms with Crippen molar-refractivity contribution in [2.45, 2.75) is 24.3 Å². The lowest BCUT2D eigenvalue weighted by molar-refractivity contribution is 0.298. The summed E-state index contributed by atoms with van der Waals surface area (Å²) in [5.74, 6) is 0.710. The molecule has 0 saturated carbocycles. The zero-order valence-electron chi connectivity index (χ0n) is 11.2. The van der Waals surface area contributed by atoms with Gasteiger partial charge in [0, 0.05) is 35.7 Å². The van der Waals surface area contributed by atoms with Crippen LogP contribution in [-0.4, -0.2) is 21.7 Å². The summed E-state index contributed by atoms with van der Waals surface area (Å²) in [4.78, 5) is 19.0. The second kappa shape index (κ2) is 6.58. The summed E-state index contributed by atoms with van der Waals surface area (Å²) in [5.41, 5.74) is 8.52. The minimum atomic E-state index is -0.175. The molecule has 2 rings (SSSR count). The third-order valence-electron chi connectivity index (χ3n) is 2.92. The van der Waals surface area contributed by atoms with E-state index in [1.807, 2.05) is 24.3 Å². The average Bonchev–Trinajstić information content (AvgIpc) is 2.42. The molecule has 1 aromatic heterocycles. The van der Waals surface area contributed by atoms with E-state index >= 15 is 0 Å². The topological polar surface area (TPSA) is 92.0 Å². The molecular formula is C14H17N3O2S. The SMILES string of the molecule is Cc1nc(SCc2ccc(N)cc2)[nH]c(=O)c1CCO. The van der Waals surface area contributed by atoms with Gasteiger partial charge in [0.05, 0.1) is 0 Å². The third kappa shape index (κ3) is 3.61. The second-order valence-corrected chi connectivity index (χ2v) is 5.40. The minimum Gasteiger partial charge on any atom is -0.399 e. The molecule has 0 unspecified atom stereocenters. The molecular weight excluding hydrogens is 274 g/mol. The summed E-state index contributed by atoms with van der Waals surface area (Å²) >= 11 is 1.46. The van der Waals surface area contributed by atoms with Crippen LogP contribution in [0, 0.1) is 6.92 Å². The predicted octanol–water partition coefficient (Wildman–Crippen LogP) is 1.49. The van der Waals surface area contributed by atoms with Crippen molar-refractivity contribution >= 4 is 17.4 Å². The van der Waals surface area contributed by atoms with Crippen molar-refractivity contribution in [2.24, 2.45) is 0 Å². The molecule has 0 aliphatic carbocycles. The largest absolute Gasteiger partial charge is 0.399 e. The number of thioether (sulfide) groups is 1. The summed E-state index contributed by atoms with van der Waals surface area (Å²) < 4.78 is 0. The van der Waals surface area contributed by atoms with Crippen molar-refractivity contribution in [3.05, 3.63) is 51.4 Å². The molecule has 0 radical (unpaired) electrons. The van der Waals surface area contributed by atoms with Crippen molar-refractivity contribution in [1.29, 1.82) is 0 Å². The standard InChI is InChI=1S/C14H17N3O2S/c1-9-12(6-7-18)13(19)17-14(16-9)20-8-10-2-4-11(15)5-3-10/h2-5,18H,6-8,15H2,1H3,(H,16,17,19). The number of aryl methyl sites for hydroxylation is 1. The maximum absolute atomic E-state index is 11.9. The molecule has 5 nitrogen and oxygen atoms in total. The third-order valence-corrected chi connectivity index (χ3v) is 3.86. The molecule has 0 saturated heterocycles.